The molecule has 1 unspecified atom stereocenters. The fourth-order valence-corrected chi connectivity index (χ4v) is 2.94. The van der Waals surface area contributed by atoms with E-state index in [0.29, 0.717) is 25.6 Å². The van der Waals surface area contributed by atoms with E-state index in [9.17, 15) is 14.9 Å². The molecule has 0 saturated carbocycles. The van der Waals surface area contributed by atoms with Crippen molar-refractivity contribution in [3.8, 4) is 0 Å². The third kappa shape index (κ3) is 6.71. The molecular weight excluding hydrogens is 362 g/mol. The van der Waals surface area contributed by atoms with Crippen molar-refractivity contribution >= 4 is 17.7 Å². The van der Waals surface area contributed by atoms with Crippen LogP contribution in [0.1, 0.15) is 39.2 Å². The largest absolute Gasteiger partial charge is 0.444 e. The van der Waals surface area contributed by atoms with Crippen LogP contribution in [0.25, 0.3) is 0 Å². The Labute approximate surface area is 165 Å². The monoisotopic (exact) mass is 391 g/mol. The highest BCUT2D eigenvalue weighted by atomic mass is 16.6. The van der Waals surface area contributed by atoms with Gasteiger partial charge < -0.3 is 20.3 Å². The number of ether oxygens (including phenoxy) is 1. The van der Waals surface area contributed by atoms with E-state index in [0.717, 1.165) is 18.4 Å². The normalized spacial score (nSPS) is 17.8. The van der Waals surface area contributed by atoms with Crippen molar-refractivity contribution in [3.05, 3.63) is 39.9 Å². The van der Waals surface area contributed by atoms with Crippen LogP contribution in [0, 0.1) is 10.1 Å². The smallest absolute Gasteiger partial charge is 0.410 e. The Bertz CT molecular complexity index is 729. The first-order valence-corrected chi connectivity index (χ1v) is 9.36. The molecular formula is C19H29N5O4. The summed E-state index contributed by atoms with van der Waals surface area (Å²) in [5.74, 6) is 0.586. The van der Waals surface area contributed by atoms with Gasteiger partial charge >= 0.3 is 6.09 Å². The van der Waals surface area contributed by atoms with E-state index >= 15 is 0 Å². The maximum Gasteiger partial charge on any atom is 0.410 e. The highest BCUT2D eigenvalue weighted by Crippen LogP contribution is 2.16. The van der Waals surface area contributed by atoms with E-state index in [2.05, 4.69) is 15.6 Å². The number of non-ortho nitro benzene ring substituents is 1. The Balaban J connectivity index is 1.89. The Kier molecular flexibility index (Phi) is 7.19. The van der Waals surface area contributed by atoms with Crippen molar-refractivity contribution in [2.45, 2.75) is 51.8 Å². The lowest BCUT2D eigenvalue weighted by atomic mass is 10.1. The number of benzene rings is 1. The van der Waals surface area contributed by atoms with Gasteiger partial charge in [0.1, 0.15) is 5.60 Å². The SMILES string of the molecule is CN=C(NCc1cccc([N+](=O)[O-])c1)NC1CCCN(C(=O)OC(C)(C)C)C1. The molecule has 9 nitrogen and oxygen atoms in total. The van der Waals surface area contributed by atoms with E-state index in [1.807, 2.05) is 26.8 Å². The number of nitro benzene ring substituents is 1. The molecule has 1 aliphatic rings. The van der Waals surface area contributed by atoms with Gasteiger partial charge in [0.05, 0.1) is 4.92 Å². The molecule has 1 amide bonds. The van der Waals surface area contributed by atoms with Crippen LogP contribution >= 0.6 is 0 Å². The summed E-state index contributed by atoms with van der Waals surface area (Å²) in [4.78, 5) is 28.7. The van der Waals surface area contributed by atoms with Gasteiger partial charge in [0.15, 0.2) is 5.96 Å². The quantitative estimate of drug-likeness (QED) is 0.353. The minimum Gasteiger partial charge on any atom is -0.444 e. The first-order valence-electron chi connectivity index (χ1n) is 9.36. The lowest BCUT2D eigenvalue weighted by molar-refractivity contribution is -0.384. The summed E-state index contributed by atoms with van der Waals surface area (Å²) < 4.78 is 5.45. The number of nitro groups is 1. The Hall–Kier alpha value is -2.84. The zero-order valence-electron chi connectivity index (χ0n) is 16.9. The predicted octanol–water partition coefficient (Wildman–Crippen LogP) is 2.66. The van der Waals surface area contributed by atoms with Crippen molar-refractivity contribution in [2.75, 3.05) is 20.1 Å². The topological polar surface area (TPSA) is 109 Å². The molecule has 1 saturated heterocycles. The van der Waals surface area contributed by atoms with E-state index in [-0.39, 0.29) is 17.8 Å². The predicted molar refractivity (Wildman–Crippen MR) is 107 cm³/mol. The molecule has 2 rings (SSSR count). The maximum absolute atomic E-state index is 12.3. The molecule has 9 heteroatoms. The number of carbonyl (C=O) groups is 1. The highest BCUT2D eigenvalue weighted by Gasteiger charge is 2.28. The maximum atomic E-state index is 12.3. The molecule has 154 valence electrons. The summed E-state index contributed by atoms with van der Waals surface area (Å²) in [6, 6.07) is 6.52. The molecule has 1 aromatic rings. The van der Waals surface area contributed by atoms with Crippen molar-refractivity contribution < 1.29 is 14.5 Å². The molecule has 0 bridgehead atoms. The number of nitrogens with zero attached hydrogens (tertiary/aromatic N) is 3. The van der Waals surface area contributed by atoms with Crippen LogP contribution in [-0.4, -0.2) is 53.7 Å². The van der Waals surface area contributed by atoms with Gasteiger partial charge in [-0.25, -0.2) is 4.79 Å². The summed E-state index contributed by atoms with van der Waals surface area (Å²) in [7, 11) is 1.66. The van der Waals surface area contributed by atoms with Crippen LogP contribution in [0.2, 0.25) is 0 Å². The van der Waals surface area contributed by atoms with Crippen LogP contribution in [-0.2, 0) is 11.3 Å². The minimum absolute atomic E-state index is 0.0533. The van der Waals surface area contributed by atoms with E-state index < -0.39 is 10.5 Å². The second-order valence-corrected chi connectivity index (χ2v) is 7.76. The fraction of sp³-hybridized carbons (Fsp3) is 0.579. The number of nitrogens with one attached hydrogen (secondary N) is 2. The summed E-state index contributed by atoms with van der Waals surface area (Å²) in [5.41, 5.74) is 0.326. The average Bonchev–Trinajstić information content (AvgIpc) is 2.64. The molecule has 0 aromatic heterocycles. The number of hydrogen-bond donors (Lipinski definition) is 2. The Morgan fingerprint density at radius 3 is 2.82 bits per heavy atom. The van der Waals surface area contributed by atoms with Gasteiger partial charge in [-0.1, -0.05) is 12.1 Å². The van der Waals surface area contributed by atoms with E-state index in [1.54, 1.807) is 18.0 Å². The lowest BCUT2D eigenvalue weighted by Gasteiger charge is -2.35. The number of likely N-dealkylation sites (tertiary alicyclic amines) is 1. The van der Waals surface area contributed by atoms with Crippen molar-refractivity contribution in [2.24, 2.45) is 4.99 Å². The van der Waals surface area contributed by atoms with Crippen LogP contribution in [0.4, 0.5) is 10.5 Å². The number of guanidine groups is 1. The molecule has 1 aliphatic heterocycles. The number of hydrogen-bond acceptors (Lipinski definition) is 5. The van der Waals surface area contributed by atoms with Gasteiger partial charge in [-0.05, 0) is 39.2 Å². The van der Waals surface area contributed by atoms with Crippen molar-refractivity contribution in [1.29, 1.82) is 0 Å². The third-order valence-corrected chi connectivity index (χ3v) is 4.22. The minimum atomic E-state index is -0.520. The van der Waals surface area contributed by atoms with E-state index in [1.165, 1.54) is 12.1 Å². The summed E-state index contributed by atoms with van der Waals surface area (Å²) in [5, 5.41) is 17.4. The summed E-state index contributed by atoms with van der Waals surface area (Å²) in [6.07, 6.45) is 1.48. The first kappa shape index (κ1) is 21.5. The molecule has 1 atom stereocenters. The molecule has 2 N–H and O–H groups in total. The van der Waals surface area contributed by atoms with Gasteiger partial charge in [-0.15, -0.1) is 0 Å². The number of aliphatic imine (C=N–C) groups is 1. The number of amides is 1. The molecule has 1 fully saturated rings. The molecule has 0 radical (unpaired) electrons. The molecule has 1 aromatic carbocycles. The van der Waals surface area contributed by atoms with Crippen LogP contribution in [0.5, 0.6) is 0 Å². The lowest BCUT2D eigenvalue weighted by Crippen LogP contribution is -2.53. The number of carbonyl (C=O) groups excluding carboxylic acids is 1. The van der Waals surface area contributed by atoms with Crippen molar-refractivity contribution in [3.63, 3.8) is 0 Å². The molecule has 0 spiro atoms. The van der Waals surface area contributed by atoms with Gasteiger partial charge in [0.25, 0.3) is 5.69 Å². The standard InChI is InChI=1S/C19H29N5O4/c1-19(2,3)28-18(25)23-10-6-8-15(13-23)22-17(20-4)21-12-14-7-5-9-16(11-14)24(26)27/h5,7,9,11,15H,6,8,10,12-13H2,1-4H3,(H2,20,21,22). The third-order valence-electron chi connectivity index (χ3n) is 4.22. The van der Waals surface area contributed by atoms with Gasteiger partial charge in [0.2, 0.25) is 0 Å². The highest BCUT2D eigenvalue weighted by molar-refractivity contribution is 5.80. The van der Waals surface area contributed by atoms with Crippen molar-refractivity contribution in [1.82, 2.24) is 15.5 Å². The van der Waals surface area contributed by atoms with Crippen LogP contribution in [0.3, 0.4) is 0 Å². The summed E-state index contributed by atoms with van der Waals surface area (Å²) in [6.45, 7) is 7.17. The van der Waals surface area contributed by atoms with E-state index in [4.69, 9.17) is 4.74 Å². The first-order chi connectivity index (χ1) is 13.2. The Morgan fingerprint density at radius 1 is 1.43 bits per heavy atom. The van der Waals surface area contributed by atoms with Gasteiger partial charge in [-0.3, -0.25) is 15.1 Å². The molecule has 1 heterocycles. The zero-order chi connectivity index (χ0) is 20.7. The van der Waals surface area contributed by atoms with Crippen LogP contribution in [0.15, 0.2) is 29.3 Å². The van der Waals surface area contributed by atoms with Crippen LogP contribution < -0.4 is 10.6 Å². The Morgan fingerprint density at radius 2 is 2.18 bits per heavy atom. The molecule has 28 heavy (non-hydrogen) atoms. The second-order valence-electron chi connectivity index (χ2n) is 7.76. The molecule has 0 aliphatic carbocycles. The fourth-order valence-electron chi connectivity index (χ4n) is 2.94. The summed E-state index contributed by atoms with van der Waals surface area (Å²) >= 11 is 0. The number of rotatable bonds is 4. The number of piperidine rings is 1. The zero-order valence-corrected chi connectivity index (χ0v) is 16.9. The van der Waals surface area contributed by atoms with Gasteiger partial charge in [-0.2, -0.15) is 0 Å². The second kappa shape index (κ2) is 9.38. The van der Waals surface area contributed by atoms with Gasteiger partial charge in [0, 0.05) is 44.9 Å². The average molecular weight is 391 g/mol.